The van der Waals surface area contributed by atoms with Crippen molar-refractivity contribution in [1.29, 1.82) is 0 Å². The van der Waals surface area contributed by atoms with E-state index in [0.717, 1.165) is 63.2 Å². The van der Waals surface area contributed by atoms with Crippen molar-refractivity contribution in [2.75, 3.05) is 13.7 Å². The molecule has 1 aromatic heterocycles. The van der Waals surface area contributed by atoms with Gasteiger partial charge in [-0.3, -0.25) is 0 Å². The molecule has 3 aromatic carbocycles. The van der Waals surface area contributed by atoms with Gasteiger partial charge in [-0.05, 0) is 36.2 Å². The summed E-state index contributed by atoms with van der Waals surface area (Å²) in [6, 6.07) is 28.6. The van der Waals surface area contributed by atoms with Crippen molar-refractivity contribution in [2.24, 2.45) is 0 Å². The predicted octanol–water partition coefficient (Wildman–Crippen LogP) is 7.01. The lowest BCUT2D eigenvalue weighted by molar-refractivity contribution is -0.103. The van der Waals surface area contributed by atoms with Crippen LogP contribution < -0.4 is 4.74 Å². The van der Waals surface area contributed by atoms with Gasteiger partial charge in [-0.2, -0.15) is 0 Å². The molecule has 33 heavy (non-hydrogen) atoms. The molecule has 166 valence electrons. The Morgan fingerprint density at radius 1 is 0.879 bits per heavy atom. The van der Waals surface area contributed by atoms with Gasteiger partial charge < -0.3 is 14.2 Å². The number of rotatable bonds is 7. The van der Waals surface area contributed by atoms with E-state index in [-0.39, 0.29) is 0 Å². The van der Waals surface area contributed by atoms with Crippen LogP contribution in [0.15, 0.2) is 84.9 Å². The van der Waals surface area contributed by atoms with E-state index in [1.165, 1.54) is 0 Å². The second-order valence-electron chi connectivity index (χ2n) is 8.09. The number of fused-ring (bicyclic) bond motifs is 2. The summed E-state index contributed by atoms with van der Waals surface area (Å²) in [4.78, 5) is 5.12. The quantitative estimate of drug-likeness (QED) is 0.292. The molecule has 4 heteroatoms. The normalized spacial score (nSPS) is 15.3. The number of pyridine rings is 1. The summed E-state index contributed by atoms with van der Waals surface area (Å²) in [5, 5.41) is 1.07. The largest absolute Gasteiger partial charge is 0.497 e. The van der Waals surface area contributed by atoms with Crippen LogP contribution in [0.5, 0.6) is 5.75 Å². The maximum absolute atomic E-state index is 6.60. The van der Waals surface area contributed by atoms with E-state index in [4.69, 9.17) is 19.2 Å². The van der Waals surface area contributed by atoms with Gasteiger partial charge in [-0.25, -0.2) is 4.98 Å². The number of aromatic nitrogens is 1. The fourth-order valence-corrected chi connectivity index (χ4v) is 4.14. The Balaban J connectivity index is 1.75. The lowest BCUT2D eigenvalue weighted by Gasteiger charge is -2.31. The zero-order valence-corrected chi connectivity index (χ0v) is 19.0. The molecule has 0 bridgehead atoms. The van der Waals surface area contributed by atoms with Gasteiger partial charge in [-0.1, -0.05) is 74.0 Å². The zero-order chi connectivity index (χ0) is 22.6. The Bertz CT molecular complexity index is 1280. The minimum absolute atomic E-state index is 0.513. The Labute approximate surface area is 194 Å². The van der Waals surface area contributed by atoms with E-state index >= 15 is 0 Å². The van der Waals surface area contributed by atoms with Gasteiger partial charge in [0.15, 0.2) is 0 Å². The Kier molecular flexibility index (Phi) is 6.09. The van der Waals surface area contributed by atoms with Crippen molar-refractivity contribution in [3.8, 4) is 5.75 Å². The van der Waals surface area contributed by atoms with Crippen LogP contribution in [0.4, 0.5) is 0 Å². The van der Waals surface area contributed by atoms with Gasteiger partial charge in [0, 0.05) is 16.5 Å². The zero-order valence-electron chi connectivity index (χ0n) is 19.0. The van der Waals surface area contributed by atoms with Gasteiger partial charge in [0.1, 0.15) is 11.5 Å². The SMILES string of the molecule is CCCCOC1OC(c2ccccc2)=C(c2ccc(OC)cc2)c2nc3ccccc3cc21. The molecule has 0 radical (unpaired) electrons. The maximum atomic E-state index is 6.60. The molecule has 4 nitrogen and oxygen atoms in total. The minimum atomic E-state index is -0.513. The van der Waals surface area contributed by atoms with Crippen LogP contribution in [0.25, 0.3) is 22.2 Å². The summed E-state index contributed by atoms with van der Waals surface area (Å²) in [6.07, 6.45) is 1.53. The first-order chi connectivity index (χ1) is 16.3. The van der Waals surface area contributed by atoms with Gasteiger partial charge in [0.2, 0.25) is 6.29 Å². The lowest BCUT2D eigenvalue weighted by atomic mass is 9.91. The second kappa shape index (κ2) is 9.47. The third-order valence-electron chi connectivity index (χ3n) is 5.88. The molecule has 0 aliphatic carbocycles. The molecule has 1 aliphatic heterocycles. The standard InChI is InChI=1S/C29H27NO3/c1-3-4-18-32-29-24-19-22-12-8-9-13-25(22)30-27(24)26(20-14-16-23(31-2)17-15-20)28(33-29)21-10-6-5-7-11-21/h5-17,19,29H,3-4,18H2,1-2H3. The Morgan fingerprint density at radius 2 is 1.64 bits per heavy atom. The van der Waals surface area contributed by atoms with E-state index in [1.54, 1.807) is 7.11 Å². The highest BCUT2D eigenvalue weighted by Gasteiger charge is 2.32. The number of para-hydroxylation sites is 1. The smallest absolute Gasteiger partial charge is 0.228 e. The molecule has 0 amide bonds. The molecular formula is C29H27NO3. The Hall–Kier alpha value is -3.63. The number of benzene rings is 3. The van der Waals surface area contributed by atoms with Crippen LogP contribution in [0, 0.1) is 0 Å². The number of nitrogens with zero attached hydrogens (tertiary/aromatic N) is 1. The second-order valence-corrected chi connectivity index (χ2v) is 8.09. The summed E-state index contributed by atoms with van der Waals surface area (Å²) in [7, 11) is 1.68. The van der Waals surface area contributed by atoms with Crippen molar-refractivity contribution in [3.63, 3.8) is 0 Å². The molecule has 5 rings (SSSR count). The van der Waals surface area contributed by atoms with E-state index in [2.05, 4.69) is 43.3 Å². The fourth-order valence-electron chi connectivity index (χ4n) is 4.14. The van der Waals surface area contributed by atoms with Gasteiger partial charge >= 0.3 is 0 Å². The highest BCUT2D eigenvalue weighted by molar-refractivity contribution is 5.98. The molecule has 2 heterocycles. The minimum Gasteiger partial charge on any atom is -0.497 e. The molecule has 0 saturated heterocycles. The molecule has 0 N–H and O–H groups in total. The fraction of sp³-hybridized carbons (Fsp3) is 0.207. The van der Waals surface area contributed by atoms with Gasteiger partial charge in [-0.15, -0.1) is 0 Å². The van der Waals surface area contributed by atoms with Crippen LogP contribution in [0.3, 0.4) is 0 Å². The van der Waals surface area contributed by atoms with Crippen molar-refractivity contribution >= 4 is 22.2 Å². The molecule has 0 spiro atoms. The third-order valence-corrected chi connectivity index (χ3v) is 5.88. The van der Waals surface area contributed by atoms with Crippen LogP contribution >= 0.6 is 0 Å². The molecular weight excluding hydrogens is 410 g/mol. The molecule has 0 fully saturated rings. The Morgan fingerprint density at radius 3 is 2.39 bits per heavy atom. The first kappa shape index (κ1) is 21.2. The third kappa shape index (κ3) is 4.22. The highest BCUT2D eigenvalue weighted by Crippen LogP contribution is 2.44. The van der Waals surface area contributed by atoms with Crippen molar-refractivity contribution in [2.45, 2.75) is 26.1 Å². The number of unbranched alkanes of at least 4 members (excludes halogenated alkanes) is 1. The van der Waals surface area contributed by atoms with Crippen molar-refractivity contribution in [3.05, 3.63) is 107 Å². The first-order valence-electron chi connectivity index (χ1n) is 11.4. The topological polar surface area (TPSA) is 40.6 Å². The van der Waals surface area contributed by atoms with Crippen molar-refractivity contribution in [1.82, 2.24) is 4.98 Å². The van der Waals surface area contributed by atoms with E-state index in [9.17, 15) is 0 Å². The van der Waals surface area contributed by atoms with Gasteiger partial charge in [0.25, 0.3) is 0 Å². The number of hydrogen-bond acceptors (Lipinski definition) is 4. The summed E-state index contributed by atoms with van der Waals surface area (Å²) in [6.45, 7) is 2.79. The average molecular weight is 438 g/mol. The van der Waals surface area contributed by atoms with Crippen LogP contribution in [-0.2, 0) is 9.47 Å². The van der Waals surface area contributed by atoms with Crippen LogP contribution in [0.2, 0.25) is 0 Å². The van der Waals surface area contributed by atoms with Crippen LogP contribution in [0.1, 0.15) is 48.4 Å². The molecule has 1 unspecified atom stereocenters. The summed E-state index contributed by atoms with van der Waals surface area (Å²) in [5.41, 5.74) is 5.77. The average Bonchev–Trinajstić information content (AvgIpc) is 2.88. The summed E-state index contributed by atoms with van der Waals surface area (Å²) >= 11 is 0. The van der Waals surface area contributed by atoms with Crippen LogP contribution in [-0.4, -0.2) is 18.7 Å². The summed E-state index contributed by atoms with van der Waals surface area (Å²) < 4.78 is 18.2. The monoisotopic (exact) mass is 437 g/mol. The first-order valence-corrected chi connectivity index (χ1v) is 11.4. The summed E-state index contributed by atoms with van der Waals surface area (Å²) in [5.74, 6) is 1.59. The van der Waals surface area contributed by atoms with E-state index < -0.39 is 6.29 Å². The predicted molar refractivity (Wildman–Crippen MR) is 132 cm³/mol. The van der Waals surface area contributed by atoms with E-state index in [0.29, 0.717) is 6.61 Å². The van der Waals surface area contributed by atoms with Gasteiger partial charge in [0.05, 0.1) is 30.5 Å². The number of hydrogen-bond donors (Lipinski definition) is 0. The highest BCUT2D eigenvalue weighted by atomic mass is 16.7. The number of ether oxygens (including phenoxy) is 3. The van der Waals surface area contributed by atoms with E-state index in [1.807, 2.05) is 48.5 Å². The maximum Gasteiger partial charge on any atom is 0.228 e. The number of methoxy groups -OCH3 is 1. The molecule has 1 atom stereocenters. The lowest BCUT2D eigenvalue weighted by Crippen LogP contribution is -2.19. The molecule has 4 aromatic rings. The molecule has 1 aliphatic rings. The van der Waals surface area contributed by atoms with Crippen molar-refractivity contribution < 1.29 is 14.2 Å². The molecule has 0 saturated carbocycles.